The Morgan fingerprint density at radius 2 is 1.38 bits per heavy atom. The van der Waals surface area contributed by atoms with Crippen LogP contribution in [-0.4, -0.2) is 59.7 Å². The van der Waals surface area contributed by atoms with Crippen LogP contribution in [0.5, 0.6) is 0 Å². The summed E-state index contributed by atoms with van der Waals surface area (Å²) in [5, 5.41) is 6.03. The van der Waals surface area contributed by atoms with Crippen LogP contribution in [0.15, 0.2) is 24.3 Å². The molecule has 2 N–H and O–H groups in total. The average Bonchev–Trinajstić information content (AvgIpc) is 2.62. The smallest absolute Gasteiger partial charge is 0.244 e. The van der Waals surface area contributed by atoms with Gasteiger partial charge in [0, 0.05) is 50.4 Å². The molecule has 142 valence electrons. The third-order valence-corrected chi connectivity index (χ3v) is 4.47. The largest absolute Gasteiger partial charge is 0.374 e. The van der Waals surface area contributed by atoms with Gasteiger partial charge in [0.2, 0.25) is 17.7 Å². The maximum atomic E-state index is 12.6. The summed E-state index contributed by atoms with van der Waals surface area (Å²) in [4.78, 5) is 39.2. The van der Waals surface area contributed by atoms with Crippen LogP contribution in [0, 0.1) is 5.92 Å². The standard InChI is InChI=1S/C19H28N4O3/c1-13(2)18(25)21-17-7-5-16(6-8-17)20-14(3)19(26)23-11-9-22(10-12-23)15(4)24/h5-8,13-14,20H,9-12H2,1-4H3,(H,21,25). The molecule has 7 heteroatoms. The molecular weight excluding hydrogens is 332 g/mol. The number of carbonyl (C=O) groups excluding carboxylic acids is 3. The van der Waals surface area contributed by atoms with Crippen LogP contribution < -0.4 is 10.6 Å². The van der Waals surface area contributed by atoms with Crippen molar-refractivity contribution in [3.8, 4) is 0 Å². The van der Waals surface area contributed by atoms with E-state index in [-0.39, 0.29) is 29.7 Å². The highest BCUT2D eigenvalue weighted by Crippen LogP contribution is 2.16. The lowest BCUT2D eigenvalue weighted by molar-refractivity contribution is -0.138. The molecule has 1 aliphatic heterocycles. The van der Waals surface area contributed by atoms with E-state index < -0.39 is 0 Å². The minimum absolute atomic E-state index is 0.0189. The van der Waals surface area contributed by atoms with Crippen LogP contribution in [0.4, 0.5) is 11.4 Å². The molecule has 1 aromatic carbocycles. The minimum Gasteiger partial charge on any atom is -0.374 e. The molecule has 7 nitrogen and oxygen atoms in total. The van der Waals surface area contributed by atoms with Gasteiger partial charge in [-0.2, -0.15) is 0 Å². The first-order chi connectivity index (χ1) is 12.3. The molecule has 26 heavy (non-hydrogen) atoms. The Kier molecular flexibility index (Phi) is 6.60. The number of anilines is 2. The second-order valence-corrected chi connectivity index (χ2v) is 6.92. The van der Waals surface area contributed by atoms with Gasteiger partial charge in [0.25, 0.3) is 0 Å². The van der Waals surface area contributed by atoms with Crippen molar-refractivity contribution < 1.29 is 14.4 Å². The molecule has 1 heterocycles. The highest BCUT2D eigenvalue weighted by atomic mass is 16.2. The van der Waals surface area contributed by atoms with E-state index in [2.05, 4.69) is 10.6 Å². The molecule has 0 bridgehead atoms. The average molecular weight is 360 g/mol. The van der Waals surface area contributed by atoms with Crippen molar-refractivity contribution in [1.29, 1.82) is 0 Å². The summed E-state index contributed by atoms with van der Waals surface area (Å²) in [6, 6.07) is 6.94. The zero-order valence-corrected chi connectivity index (χ0v) is 15.9. The lowest BCUT2D eigenvalue weighted by Gasteiger charge is -2.35. The minimum atomic E-state index is -0.366. The number of nitrogens with one attached hydrogen (secondary N) is 2. The first-order valence-electron chi connectivity index (χ1n) is 8.99. The van der Waals surface area contributed by atoms with Crippen molar-refractivity contribution in [1.82, 2.24) is 9.80 Å². The zero-order valence-electron chi connectivity index (χ0n) is 15.9. The Hall–Kier alpha value is -2.57. The van der Waals surface area contributed by atoms with Gasteiger partial charge in [0.05, 0.1) is 0 Å². The van der Waals surface area contributed by atoms with Gasteiger partial charge in [-0.25, -0.2) is 0 Å². The molecule has 0 saturated carbocycles. The Labute approximate surface area is 154 Å². The number of rotatable bonds is 5. The number of benzene rings is 1. The predicted molar refractivity (Wildman–Crippen MR) is 102 cm³/mol. The van der Waals surface area contributed by atoms with Crippen molar-refractivity contribution in [2.24, 2.45) is 5.92 Å². The molecule has 1 aliphatic rings. The molecular formula is C19H28N4O3. The second kappa shape index (κ2) is 8.69. The lowest BCUT2D eigenvalue weighted by Crippen LogP contribution is -2.53. The maximum Gasteiger partial charge on any atom is 0.244 e. The van der Waals surface area contributed by atoms with Gasteiger partial charge in [-0.15, -0.1) is 0 Å². The van der Waals surface area contributed by atoms with Crippen LogP contribution >= 0.6 is 0 Å². The molecule has 1 atom stereocenters. The van der Waals surface area contributed by atoms with E-state index in [9.17, 15) is 14.4 Å². The van der Waals surface area contributed by atoms with Gasteiger partial charge in [-0.3, -0.25) is 14.4 Å². The van der Waals surface area contributed by atoms with Crippen LogP contribution in [-0.2, 0) is 14.4 Å². The molecule has 0 aromatic heterocycles. The van der Waals surface area contributed by atoms with Crippen molar-refractivity contribution in [2.75, 3.05) is 36.8 Å². The second-order valence-electron chi connectivity index (χ2n) is 6.92. The van der Waals surface area contributed by atoms with Gasteiger partial charge in [0.1, 0.15) is 6.04 Å². The molecule has 1 fully saturated rings. The summed E-state index contributed by atoms with van der Waals surface area (Å²) in [7, 11) is 0. The molecule has 0 spiro atoms. The molecule has 2 rings (SSSR count). The molecule has 1 aromatic rings. The van der Waals surface area contributed by atoms with Crippen LogP contribution in [0.2, 0.25) is 0 Å². The van der Waals surface area contributed by atoms with Crippen molar-refractivity contribution in [3.05, 3.63) is 24.3 Å². The first-order valence-corrected chi connectivity index (χ1v) is 8.99. The van der Waals surface area contributed by atoms with E-state index in [0.717, 1.165) is 11.4 Å². The topological polar surface area (TPSA) is 81.8 Å². The van der Waals surface area contributed by atoms with E-state index in [1.165, 1.54) is 0 Å². The Morgan fingerprint density at radius 1 is 0.885 bits per heavy atom. The van der Waals surface area contributed by atoms with Gasteiger partial charge in [-0.1, -0.05) is 13.8 Å². The maximum absolute atomic E-state index is 12.6. The third kappa shape index (κ3) is 5.21. The highest BCUT2D eigenvalue weighted by Gasteiger charge is 2.25. The van der Waals surface area contributed by atoms with Gasteiger partial charge < -0.3 is 20.4 Å². The van der Waals surface area contributed by atoms with Crippen molar-refractivity contribution in [2.45, 2.75) is 33.7 Å². The van der Waals surface area contributed by atoms with E-state index in [1.54, 1.807) is 16.7 Å². The number of amides is 3. The monoisotopic (exact) mass is 360 g/mol. The summed E-state index contributed by atoms with van der Waals surface area (Å²) in [6.45, 7) is 9.35. The predicted octanol–water partition coefficient (Wildman–Crippen LogP) is 1.77. The lowest BCUT2D eigenvalue weighted by atomic mass is 10.2. The molecule has 1 unspecified atom stereocenters. The summed E-state index contributed by atoms with van der Waals surface area (Å²) in [6.07, 6.45) is 0. The Morgan fingerprint density at radius 3 is 1.88 bits per heavy atom. The molecule has 3 amide bonds. The van der Waals surface area contributed by atoms with Gasteiger partial charge in [-0.05, 0) is 31.2 Å². The molecule has 1 saturated heterocycles. The SMILES string of the molecule is CC(=O)N1CCN(C(=O)C(C)Nc2ccc(NC(=O)C(C)C)cc2)CC1. The summed E-state index contributed by atoms with van der Waals surface area (Å²) in [5.41, 5.74) is 1.55. The fourth-order valence-electron chi connectivity index (χ4n) is 2.76. The Balaban J connectivity index is 1.87. The number of hydrogen-bond acceptors (Lipinski definition) is 4. The normalized spacial score (nSPS) is 15.6. The highest BCUT2D eigenvalue weighted by molar-refractivity contribution is 5.92. The van der Waals surface area contributed by atoms with Crippen LogP contribution in [0.3, 0.4) is 0 Å². The van der Waals surface area contributed by atoms with Crippen molar-refractivity contribution in [3.63, 3.8) is 0 Å². The number of nitrogens with zero attached hydrogens (tertiary/aromatic N) is 2. The van der Waals surface area contributed by atoms with Gasteiger partial charge >= 0.3 is 0 Å². The third-order valence-electron chi connectivity index (χ3n) is 4.47. The number of hydrogen-bond donors (Lipinski definition) is 2. The van der Waals surface area contributed by atoms with E-state index in [4.69, 9.17) is 0 Å². The van der Waals surface area contributed by atoms with Crippen molar-refractivity contribution >= 4 is 29.1 Å². The summed E-state index contributed by atoms with van der Waals surface area (Å²) < 4.78 is 0. The quantitative estimate of drug-likeness (QED) is 0.838. The van der Waals surface area contributed by atoms with Gasteiger partial charge in [0.15, 0.2) is 0 Å². The number of carbonyl (C=O) groups is 3. The molecule has 0 radical (unpaired) electrons. The van der Waals surface area contributed by atoms with E-state index in [1.807, 2.05) is 45.0 Å². The van der Waals surface area contributed by atoms with E-state index >= 15 is 0 Å². The van der Waals surface area contributed by atoms with Crippen LogP contribution in [0.25, 0.3) is 0 Å². The summed E-state index contributed by atoms with van der Waals surface area (Å²) in [5.74, 6) is -0.0359. The number of piperazine rings is 1. The zero-order chi connectivity index (χ0) is 19.3. The van der Waals surface area contributed by atoms with E-state index in [0.29, 0.717) is 26.2 Å². The first kappa shape index (κ1) is 19.8. The fourth-order valence-corrected chi connectivity index (χ4v) is 2.76. The summed E-state index contributed by atoms with van der Waals surface area (Å²) >= 11 is 0. The Bertz CT molecular complexity index is 649. The fraction of sp³-hybridized carbons (Fsp3) is 0.526. The molecule has 0 aliphatic carbocycles. The van der Waals surface area contributed by atoms with Crippen LogP contribution in [0.1, 0.15) is 27.7 Å².